The Morgan fingerprint density at radius 3 is 2.67 bits per heavy atom. The molecular formula is C19H27IN4O3. The fraction of sp³-hybridized carbons (Fsp3) is 0.368. The van der Waals surface area contributed by atoms with E-state index in [1.807, 2.05) is 49.4 Å². The molecule has 2 aromatic rings. The number of hydrogen-bond acceptors (Lipinski definition) is 4. The summed E-state index contributed by atoms with van der Waals surface area (Å²) in [7, 11) is 0. The highest BCUT2D eigenvalue weighted by molar-refractivity contribution is 14.0. The van der Waals surface area contributed by atoms with Crippen molar-refractivity contribution in [1.82, 2.24) is 10.6 Å². The normalized spacial score (nSPS) is 10.8. The lowest BCUT2D eigenvalue weighted by Gasteiger charge is -2.11. The third kappa shape index (κ3) is 10.00. The Morgan fingerprint density at radius 2 is 1.96 bits per heavy atom. The maximum absolute atomic E-state index is 11.9. The van der Waals surface area contributed by atoms with Crippen LogP contribution < -0.4 is 16.0 Å². The minimum Gasteiger partial charge on any atom is -0.467 e. The average Bonchev–Trinajstić information content (AvgIpc) is 3.16. The van der Waals surface area contributed by atoms with Crippen molar-refractivity contribution in [3.8, 4) is 0 Å². The van der Waals surface area contributed by atoms with Gasteiger partial charge in [0.15, 0.2) is 5.96 Å². The van der Waals surface area contributed by atoms with Crippen molar-refractivity contribution in [2.45, 2.75) is 20.0 Å². The summed E-state index contributed by atoms with van der Waals surface area (Å²) < 4.78 is 10.7. The molecule has 0 aliphatic heterocycles. The van der Waals surface area contributed by atoms with Crippen LogP contribution in [0.4, 0.5) is 5.69 Å². The van der Waals surface area contributed by atoms with Gasteiger partial charge >= 0.3 is 0 Å². The largest absolute Gasteiger partial charge is 0.467 e. The first-order valence-corrected chi connectivity index (χ1v) is 8.75. The van der Waals surface area contributed by atoms with Gasteiger partial charge in [-0.1, -0.05) is 18.2 Å². The van der Waals surface area contributed by atoms with Gasteiger partial charge in [0, 0.05) is 25.4 Å². The first kappa shape index (κ1) is 23.0. The van der Waals surface area contributed by atoms with Crippen LogP contribution in [-0.2, 0) is 16.1 Å². The first-order chi connectivity index (χ1) is 12.8. The molecule has 0 saturated heterocycles. The summed E-state index contributed by atoms with van der Waals surface area (Å²) in [6.45, 7) is 4.54. The molecule has 0 aliphatic rings. The quantitative estimate of drug-likeness (QED) is 0.208. The van der Waals surface area contributed by atoms with Gasteiger partial charge < -0.3 is 25.1 Å². The Balaban J connectivity index is 0.00000364. The smallest absolute Gasteiger partial charge is 0.246 e. The molecule has 1 heterocycles. The Hall–Kier alpha value is -2.07. The van der Waals surface area contributed by atoms with Crippen LogP contribution in [0.3, 0.4) is 0 Å². The SMILES string of the molecule is CCNC(=NCC(=O)Nc1ccccc1)NCCCOCc1ccco1.I. The van der Waals surface area contributed by atoms with Gasteiger partial charge in [0.1, 0.15) is 18.9 Å². The van der Waals surface area contributed by atoms with Crippen molar-refractivity contribution in [3.63, 3.8) is 0 Å². The Labute approximate surface area is 177 Å². The van der Waals surface area contributed by atoms with Gasteiger partial charge in [-0.2, -0.15) is 0 Å². The molecule has 0 atom stereocenters. The fourth-order valence-electron chi connectivity index (χ4n) is 2.16. The summed E-state index contributed by atoms with van der Waals surface area (Å²) in [4.78, 5) is 16.2. The monoisotopic (exact) mass is 486 g/mol. The van der Waals surface area contributed by atoms with Crippen LogP contribution in [0.1, 0.15) is 19.1 Å². The minimum atomic E-state index is -0.157. The summed E-state index contributed by atoms with van der Waals surface area (Å²) in [6, 6.07) is 13.1. The van der Waals surface area contributed by atoms with E-state index in [9.17, 15) is 4.79 Å². The molecule has 0 saturated carbocycles. The molecule has 0 radical (unpaired) electrons. The predicted molar refractivity (Wildman–Crippen MR) is 117 cm³/mol. The van der Waals surface area contributed by atoms with Crippen molar-refractivity contribution in [2.24, 2.45) is 4.99 Å². The van der Waals surface area contributed by atoms with E-state index >= 15 is 0 Å². The number of anilines is 1. The third-order valence-corrected chi connectivity index (χ3v) is 3.36. The number of guanidine groups is 1. The van der Waals surface area contributed by atoms with Crippen LogP contribution in [0.2, 0.25) is 0 Å². The second-order valence-corrected chi connectivity index (χ2v) is 5.52. The van der Waals surface area contributed by atoms with Crippen LogP contribution in [0.15, 0.2) is 58.1 Å². The Morgan fingerprint density at radius 1 is 1.15 bits per heavy atom. The zero-order valence-corrected chi connectivity index (χ0v) is 17.8. The van der Waals surface area contributed by atoms with Gasteiger partial charge in [0.05, 0.1) is 6.26 Å². The van der Waals surface area contributed by atoms with Gasteiger partial charge in [-0.15, -0.1) is 24.0 Å². The van der Waals surface area contributed by atoms with E-state index in [0.29, 0.717) is 25.7 Å². The van der Waals surface area contributed by atoms with Crippen LogP contribution in [-0.4, -0.2) is 38.1 Å². The number of hydrogen-bond donors (Lipinski definition) is 3. The standard InChI is InChI=1S/C19H26N4O3.HI/c1-2-20-19(21-11-7-12-25-15-17-10-6-13-26-17)22-14-18(24)23-16-8-4-3-5-9-16;/h3-6,8-10,13H,2,7,11-12,14-15H2,1H3,(H,23,24)(H2,20,21,22);1H. The summed E-state index contributed by atoms with van der Waals surface area (Å²) >= 11 is 0. The van der Waals surface area contributed by atoms with E-state index in [2.05, 4.69) is 20.9 Å². The second kappa shape index (κ2) is 14.0. The molecule has 148 valence electrons. The van der Waals surface area contributed by atoms with Gasteiger partial charge in [-0.3, -0.25) is 4.79 Å². The van der Waals surface area contributed by atoms with Crippen molar-refractivity contribution in [2.75, 3.05) is 31.6 Å². The lowest BCUT2D eigenvalue weighted by molar-refractivity contribution is -0.114. The number of carbonyl (C=O) groups is 1. The molecule has 2 rings (SSSR count). The fourth-order valence-corrected chi connectivity index (χ4v) is 2.16. The molecule has 0 fully saturated rings. The maximum Gasteiger partial charge on any atom is 0.246 e. The molecule has 7 nitrogen and oxygen atoms in total. The van der Waals surface area contributed by atoms with E-state index in [1.54, 1.807) is 6.26 Å². The number of aliphatic imine (C=N–C) groups is 1. The van der Waals surface area contributed by atoms with Gasteiger partial charge in [-0.25, -0.2) is 4.99 Å². The topological polar surface area (TPSA) is 87.9 Å². The van der Waals surface area contributed by atoms with Crippen LogP contribution in [0.5, 0.6) is 0 Å². The van der Waals surface area contributed by atoms with Gasteiger partial charge in [0.25, 0.3) is 0 Å². The number of ether oxygens (including phenoxy) is 1. The van der Waals surface area contributed by atoms with Crippen molar-refractivity contribution < 1.29 is 13.9 Å². The number of nitrogens with zero attached hydrogens (tertiary/aromatic N) is 1. The Kier molecular flexibility index (Phi) is 11.9. The molecule has 0 aliphatic carbocycles. The number of halogens is 1. The van der Waals surface area contributed by atoms with Crippen LogP contribution in [0.25, 0.3) is 0 Å². The number of carbonyl (C=O) groups excluding carboxylic acids is 1. The molecule has 0 unspecified atom stereocenters. The molecule has 0 spiro atoms. The summed E-state index contributed by atoms with van der Waals surface area (Å²) in [5, 5.41) is 9.11. The highest BCUT2D eigenvalue weighted by atomic mass is 127. The summed E-state index contributed by atoms with van der Waals surface area (Å²) in [5.74, 6) is 1.27. The first-order valence-electron chi connectivity index (χ1n) is 8.75. The molecule has 27 heavy (non-hydrogen) atoms. The lowest BCUT2D eigenvalue weighted by Crippen LogP contribution is -2.38. The number of amides is 1. The van der Waals surface area contributed by atoms with Crippen molar-refractivity contribution in [3.05, 3.63) is 54.5 Å². The zero-order chi connectivity index (χ0) is 18.5. The number of rotatable bonds is 10. The third-order valence-electron chi connectivity index (χ3n) is 3.36. The van der Waals surface area contributed by atoms with E-state index in [0.717, 1.165) is 24.4 Å². The molecular weight excluding hydrogens is 459 g/mol. The molecule has 1 aromatic heterocycles. The highest BCUT2D eigenvalue weighted by Crippen LogP contribution is 2.04. The second-order valence-electron chi connectivity index (χ2n) is 5.52. The zero-order valence-electron chi connectivity index (χ0n) is 15.4. The molecule has 3 N–H and O–H groups in total. The van der Waals surface area contributed by atoms with Crippen molar-refractivity contribution >= 4 is 41.5 Å². The number of benzene rings is 1. The van der Waals surface area contributed by atoms with Crippen molar-refractivity contribution in [1.29, 1.82) is 0 Å². The number of para-hydroxylation sites is 1. The van der Waals surface area contributed by atoms with Crippen LogP contribution >= 0.6 is 24.0 Å². The molecule has 1 aromatic carbocycles. The number of nitrogens with one attached hydrogen (secondary N) is 3. The van der Waals surface area contributed by atoms with Gasteiger partial charge in [0.2, 0.25) is 5.91 Å². The van der Waals surface area contributed by atoms with E-state index in [-0.39, 0.29) is 36.4 Å². The summed E-state index contributed by atoms with van der Waals surface area (Å²) in [5.41, 5.74) is 0.763. The minimum absolute atomic E-state index is 0. The molecule has 8 heteroatoms. The van der Waals surface area contributed by atoms with Gasteiger partial charge in [-0.05, 0) is 37.6 Å². The highest BCUT2D eigenvalue weighted by Gasteiger charge is 2.03. The lowest BCUT2D eigenvalue weighted by atomic mass is 10.3. The molecule has 1 amide bonds. The van der Waals surface area contributed by atoms with E-state index in [1.165, 1.54) is 0 Å². The van der Waals surface area contributed by atoms with Crippen LogP contribution in [0, 0.1) is 0 Å². The molecule has 0 bridgehead atoms. The average molecular weight is 486 g/mol. The van der Waals surface area contributed by atoms with E-state index in [4.69, 9.17) is 9.15 Å². The Bertz CT molecular complexity index is 663. The number of furan rings is 1. The maximum atomic E-state index is 11.9. The van der Waals surface area contributed by atoms with E-state index < -0.39 is 0 Å². The predicted octanol–water partition coefficient (Wildman–Crippen LogP) is 3.00. The summed E-state index contributed by atoms with van der Waals surface area (Å²) in [6.07, 6.45) is 2.45.